The Morgan fingerprint density at radius 1 is 1.50 bits per heavy atom. The fourth-order valence-corrected chi connectivity index (χ4v) is 1.19. The molecule has 5 nitrogen and oxygen atoms in total. The number of hydrogen-bond acceptors (Lipinski definition) is 3. The molecule has 0 spiro atoms. The van der Waals surface area contributed by atoms with E-state index in [1.807, 2.05) is 0 Å². The monoisotopic (exact) mass is 218 g/mol. The van der Waals surface area contributed by atoms with Crippen LogP contribution in [-0.2, 0) is 11.3 Å². The molecule has 0 radical (unpaired) electrons. The summed E-state index contributed by atoms with van der Waals surface area (Å²) in [6.45, 7) is 2.09. The van der Waals surface area contributed by atoms with Crippen molar-refractivity contribution in [1.82, 2.24) is 9.55 Å². The van der Waals surface area contributed by atoms with Crippen LogP contribution in [0.25, 0.3) is 0 Å². The van der Waals surface area contributed by atoms with Gasteiger partial charge in [0, 0.05) is 12.7 Å². The van der Waals surface area contributed by atoms with Gasteiger partial charge in [-0.15, -0.1) is 0 Å². The summed E-state index contributed by atoms with van der Waals surface area (Å²) in [6, 6.07) is 0. The van der Waals surface area contributed by atoms with Crippen LogP contribution in [0.4, 0.5) is 0 Å². The number of aromatic amines is 1. The number of ether oxygens (including phenoxy) is 1. The van der Waals surface area contributed by atoms with Crippen LogP contribution >= 0.6 is 11.6 Å². The fraction of sp³-hybridized carbons (Fsp3) is 0.500. The van der Waals surface area contributed by atoms with Gasteiger partial charge in [0.1, 0.15) is 5.15 Å². The van der Waals surface area contributed by atoms with Gasteiger partial charge >= 0.3 is 5.69 Å². The first kappa shape index (κ1) is 11.0. The van der Waals surface area contributed by atoms with Gasteiger partial charge in [-0.3, -0.25) is 14.3 Å². The summed E-state index contributed by atoms with van der Waals surface area (Å²) in [5.41, 5.74) is -0.555. The second-order valence-electron chi connectivity index (χ2n) is 2.82. The molecule has 0 amide bonds. The quantitative estimate of drug-likeness (QED) is 0.735. The minimum atomic E-state index is -0.511. The Morgan fingerprint density at radius 3 is 2.71 bits per heavy atom. The molecular weight excluding hydrogens is 208 g/mol. The molecule has 0 unspecified atom stereocenters. The van der Waals surface area contributed by atoms with E-state index in [0.29, 0.717) is 12.2 Å². The molecule has 1 heterocycles. The fourth-order valence-electron chi connectivity index (χ4n) is 1.03. The number of H-pyrrole nitrogens is 1. The summed E-state index contributed by atoms with van der Waals surface area (Å²) >= 11 is 5.63. The molecule has 0 aliphatic carbocycles. The molecule has 0 aliphatic rings. The Balaban J connectivity index is 3.23. The number of nitrogens with zero attached hydrogens (tertiary/aromatic N) is 1. The highest BCUT2D eigenvalue weighted by molar-refractivity contribution is 6.30. The highest BCUT2D eigenvalue weighted by Crippen LogP contribution is 2.02. The van der Waals surface area contributed by atoms with Gasteiger partial charge in [0.2, 0.25) is 0 Å². The molecule has 1 aromatic heterocycles. The Kier molecular flexibility index (Phi) is 3.49. The summed E-state index contributed by atoms with van der Waals surface area (Å²) in [4.78, 5) is 25.2. The summed E-state index contributed by atoms with van der Waals surface area (Å²) in [6.07, 6.45) is 0. The number of hydrogen-bond donors (Lipinski definition) is 1. The molecule has 0 aliphatic heterocycles. The normalized spacial score (nSPS) is 10.5. The van der Waals surface area contributed by atoms with E-state index in [1.165, 1.54) is 7.11 Å². The first-order valence-corrected chi connectivity index (χ1v) is 4.44. The highest BCUT2D eigenvalue weighted by Gasteiger charge is 2.07. The van der Waals surface area contributed by atoms with Crippen LogP contribution in [0.5, 0.6) is 0 Å². The first-order valence-electron chi connectivity index (χ1n) is 4.06. The van der Waals surface area contributed by atoms with Crippen molar-refractivity contribution in [3.8, 4) is 0 Å². The molecule has 0 saturated heterocycles. The molecule has 1 aromatic rings. The van der Waals surface area contributed by atoms with Gasteiger partial charge in [-0.25, -0.2) is 4.79 Å². The number of halogens is 1. The van der Waals surface area contributed by atoms with E-state index >= 15 is 0 Å². The average Bonchev–Trinajstić information content (AvgIpc) is 2.14. The largest absolute Gasteiger partial charge is 0.383 e. The van der Waals surface area contributed by atoms with E-state index in [4.69, 9.17) is 16.3 Å². The van der Waals surface area contributed by atoms with Gasteiger partial charge in [-0.05, 0) is 6.92 Å². The topological polar surface area (TPSA) is 64.1 Å². The van der Waals surface area contributed by atoms with Crippen LogP contribution in [0.1, 0.15) is 5.56 Å². The number of rotatable bonds is 3. The van der Waals surface area contributed by atoms with Crippen molar-refractivity contribution in [2.24, 2.45) is 0 Å². The lowest BCUT2D eigenvalue weighted by Crippen LogP contribution is -2.37. The lowest BCUT2D eigenvalue weighted by molar-refractivity contribution is 0.184. The number of aromatic nitrogens is 2. The molecule has 14 heavy (non-hydrogen) atoms. The third-order valence-corrected chi connectivity index (χ3v) is 2.25. The van der Waals surface area contributed by atoms with E-state index in [0.717, 1.165) is 4.57 Å². The van der Waals surface area contributed by atoms with Crippen molar-refractivity contribution in [3.05, 3.63) is 31.6 Å². The molecule has 1 N–H and O–H groups in total. The zero-order valence-electron chi connectivity index (χ0n) is 7.96. The smallest absolute Gasteiger partial charge is 0.329 e. The Bertz CT molecular complexity index is 435. The molecule has 6 heteroatoms. The molecular formula is C8H11ClN2O3. The van der Waals surface area contributed by atoms with Crippen molar-refractivity contribution in [2.45, 2.75) is 13.5 Å². The second-order valence-corrected chi connectivity index (χ2v) is 3.20. The van der Waals surface area contributed by atoms with Crippen LogP contribution in [-0.4, -0.2) is 23.3 Å². The van der Waals surface area contributed by atoms with Crippen molar-refractivity contribution in [3.63, 3.8) is 0 Å². The molecule has 0 aromatic carbocycles. The maximum atomic E-state index is 11.5. The van der Waals surface area contributed by atoms with E-state index in [-0.39, 0.29) is 17.3 Å². The summed E-state index contributed by atoms with van der Waals surface area (Å²) in [7, 11) is 1.50. The summed E-state index contributed by atoms with van der Waals surface area (Å²) in [5.74, 6) is 0. The number of nitrogens with one attached hydrogen (secondary N) is 1. The predicted octanol–water partition coefficient (Wildman–Crippen LogP) is 0.145. The van der Waals surface area contributed by atoms with Crippen molar-refractivity contribution < 1.29 is 4.74 Å². The van der Waals surface area contributed by atoms with E-state index in [9.17, 15) is 9.59 Å². The van der Waals surface area contributed by atoms with Gasteiger partial charge in [-0.1, -0.05) is 11.6 Å². The maximum Gasteiger partial charge on any atom is 0.329 e. The van der Waals surface area contributed by atoms with Crippen LogP contribution in [0, 0.1) is 6.92 Å². The zero-order valence-corrected chi connectivity index (χ0v) is 8.72. The molecule has 0 fully saturated rings. The maximum absolute atomic E-state index is 11.5. The summed E-state index contributed by atoms with van der Waals surface area (Å²) < 4.78 is 5.84. The van der Waals surface area contributed by atoms with Gasteiger partial charge in [0.05, 0.1) is 13.2 Å². The van der Waals surface area contributed by atoms with E-state index < -0.39 is 5.69 Å². The lowest BCUT2D eigenvalue weighted by atomic mass is 10.4. The summed E-state index contributed by atoms with van der Waals surface area (Å²) in [5, 5.41) is 0.0914. The third-order valence-electron chi connectivity index (χ3n) is 1.88. The van der Waals surface area contributed by atoms with E-state index in [1.54, 1.807) is 6.92 Å². The van der Waals surface area contributed by atoms with Gasteiger partial charge in [-0.2, -0.15) is 0 Å². The van der Waals surface area contributed by atoms with E-state index in [2.05, 4.69) is 4.98 Å². The number of methoxy groups -OCH3 is 1. The Labute approximate surface area is 85.3 Å². The minimum Gasteiger partial charge on any atom is -0.383 e. The Morgan fingerprint density at radius 2 is 2.14 bits per heavy atom. The van der Waals surface area contributed by atoms with Crippen molar-refractivity contribution in [1.29, 1.82) is 0 Å². The molecule has 1 rings (SSSR count). The second kappa shape index (κ2) is 4.43. The molecule has 0 atom stereocenters. The highest BCUT2D eigenvalue weighted by atomic mass is 35.5. The lowest BCUT2D eigenvalue weighted by Gasteiger charge is -2.05. The van der Waals surface area contributed by atoms with Crippen LogP contribution in [0.3, 0.4) is 0 Å². The zero-order chi connectivity index (χ0) is 10.7. The van der Waals surface area contributed by atoms with Gasteiger partial charge in [0.25, 0.3) is 5.56 Å². The first-order chi connectivity index (χ1) is 6.57. The molecule has 78 valence electrons. The van der Waals surface area contributed by atoms with Crippen LogP contribution in [0.15, 0.2) is 9.59 Å². The van der Waals surface area contributed by atoms with Crippen LogP contribution in [0.2, 0.25) is 5.15 Å². The SMILES string of the molecule is COCCn1c(=O)[nH]c(Cl)c(C)c1=O. The van der Waals surface area contributed by atoms with Crippen LogP contribution < -0.4 is 11.2 Å². The minimum absolute atomic E-state index is 0.0914. The van der Waals surface area contributed by atoms with Crippen molar-refractivity contribution >= 4 is 11.6 Å². The molecule has 0 bridgehead atoms. The predicted molar refractivity (Wildman–Crippen MR) is 52.9 cm³/mol. The third kappa shape index (κ3) is 2.05. The van der Waals surface area contributed by atoms with Gasteiger partial charge in [0.15, 0.2) is 0 Å². The molecule has 0 saturated carbocycles. The van der Waals surface area contributed by atoms with Crippen molar-refractivity contribution in [2.75, 3.05) is 13.7 Å². The van der Waals surface area contributed by atoms with Gasteiger partial charge < -0.3 is 4.74 Å². The standard InChI is InChI=1S/C8H11ClN2O3/c1-5-6(9)10-8(13)11(7(5)12)3-4-14-2/h3-4H2,1-2H3,(H,10,13). The Hall–Kier alpha value is -1.07. The average molecular weight is 219 g/mol.